The predicted octanol–water partition coefficient (Wildman–Crippen LogP) is 4.78. The maximum absolute atomic E-state index is 12.7. The molecule has 0 aromatic carbocycles. The quantitative estimate of drug-likeness (QED) is 0.0483. The van der Waals surface area contributed by atoms with Crippen LogP contribution in [-0.4, -0.2) is 117 Å². The van der Waals surface area contributed by atoms with Gasteiger partial charge in [0, 0.05) is 63.0 Å². The molecule has 57 heavy (non-hydrogen) atoms. The number of aliphatic hydroxyl groups is 1. The minimum absolute atomic E-state index is 0.0366. The van der Waals surface area contributed by atoms with E-state index in [0.29, 0.717) is 5.65 Å². The van der Waals surface area contributed by atoms with E-state index in [1.54, 1.807) is 29.5 Å². The molecular weight excluding hydrogens is 815 g/mol. The van der Waals surface area contributed by atoms with Gasteiger partial charge < -0.3 is 51.5 Å². The van der Waals surface area contributed by atoms with Crippen molar-refractivity contribution in [2.45, 2.75) is 94.7 Å². The van der Waals surface area contributed by atoms with Crippen LogP contribution in [0.3, 0.4) is 0 Å². The molecule has 0 spiro atoms. The smallest absolute Gasteiger partial charge is 0.330 e. The predicted molar refractivity (Wildman–Crippen MR) is 219 cm³/mol. The van der Waals surface area contributed by atoms with Crippen molar-refractivity contribution < 1.29 is 42.0 Å². The van der Waals surface area contributed by atoms with Crippen LogP contribution >= 0.6 is 15.8 Å². The Morgan fingerprint density at radius 3 is 2.61 bits per heavy atom. The molecule has 0 amide bonds. The molecule has 0 bridgehead atoms. The Morgan fingerprint density at radius 1 is 1.11 bits per heavy atom. The third kappa shape index (κ3) is 10.1. The number of aromatic nitrogens is 5. The third-order valence-electron chi connectivity index (χ3n) is 10.2. The molecule has 0 radical (unpaired) electrons. The molecule has 2 fully saturated rings. The number of rotatable bonds is 17. The first-order chi connectivity index (χ1) is 27.1. The molecule has 0 saturated carbocycles. The van der Waals surface area contributed by atoms with E-state index in [9.17, 15) is 14.8 Å². The van der Waals surface area contributed by atoms with E-state index >= 15 is 0 Å². The van der Waals surface area contributed by atoms with Crippen molar-refractivity contribution in [1.29, 1.82) is 5.26 Å². The standard InChI is InChI=1S/C35H50N8O10P2SSi/c1-35(2,3)57(6,7)53-30-27(21-49-55(56)47-18-8-12-36)51-33(43-16-11-28(45)41-17-14-38-34(41)43)31(30)52-54(46)48-20-26-25(44)19-29(50-26)42-15-10-23-24(39-22-40(4)5)9-13-37-32(23)42/h9-11,13-17,22,25-27,29-31,33,44,46,55H,8,18-21H2,1-7H3/b39-22-/t25-,26+,27+,29+,30?,31+,33+,54?/m0/s1. The Labute approximate surface area is 338 Å². The minimum atomic E-state index is -2.62. The highest BCUT2D eigenvalue weighted by Gasteiger charge is 2.53. The summed E-state index contributed by atoms with van der Waals surface area (Å²) in [7, 11) is -3.56. The lowest BCUT2D eigenvalue weighted by molar-refractivity contribution is -0.0526. The van der Waals surface area contributed by atoms with Crippen LogP contribution in [0.2, 0.25) is 18.1 Å². The first kappa shape index (κ1) is 43.6. The van der Waals surface area contributed by atoms with E-state index in [4.69, 9.17) is 49.1 Å². The molecule has 2 aliphatic rings. The topological polar surface area (TPSA) is 202 Å². The van der Waals surface area contributed by atoms with Crippen LogP contribution in [0.4, 0.5) is 5.69 Å². The number of nitriles is 1. The van der Waals surface area contributed by atoms with E-state index < -0.39 is 67.0 Å². The van der Waals surface area contributed by atoms with Crippen molar-refractivity contribution in [1.82, 2.24) is 28.4 Å². The number of fused-ring (bicyclic) bond motifs is 2. The summed E-state index contributed by atoms with van der Waals surface area (Å²) >= 11 is 5.43. The highest BCUT2D eigenvalue weighted by atomic mass is 32.4. The van der Waals surface area contributed by atoms with Gasteiger partial charge in [-0.1, -0.05) is 20.8 Å². The van der Waals surface area contributed by atoms with Gasteiger partial charge in [-0.15, -0.1) is 0 Å². The molecular formula is C35H50N8O10P2SSi. The summed E-state index contributed by atoms with van der Waals surface area (Å²) in [6, 6.07) is 7.13. The van der Waals surface area contributed by atoms with Crippen molar-refractivity contribution in [3.05, 3.63) is 59.5 Å². The first-order valence-corrected chi connectivity index (χ1v) is 24.9. The van der Waals surface area contributed by atoms with Crippen LogP contribution in [0.5, 0.6) is 0 Å². The summed E-state index contributed by atoms with van der Waals surface area (Å²) in [6.45, 7) is 10.4. The van der Waals surface area contributed by atoms with Crippen molar-refractivity contribution in [3.8, 4) is 6.07 Å². The van der Waals surface area contributed by atoms with Crippen LogP contribution in [-0.2, 0) is 43.8 Å². The second-order valence-electron chi connectivity index (χ2n) is 15.4. The number of imidazole rings is 1. The van der Waals surface area contributed by atoms with Crippen molar-refractivity contribution in [2.24, 2.45) is 4.99 Å². The number of ether oxygens (including phenoxy) is 2. The summed E-state index contributed by atoms with van der Waals surface area (Å²) in [6.07, 6.45) is 4.45. The summed E-state index contributed by atoms with van der Waals surface area (Å²) in [5.41, 5.74) is 1.11. The molecule has 2 aliphatic heterocycles. The van der Waals surface area contributed by atoms with E-state index in [-0.39, 0.29) is 49.0 Å². The molecule has 0 aliphatic carbocycles. The number of pyridine rings is 1. The lowest BCUT2D eigenvalue weighted by Gasteiger charge is -2.40. The molecule has 3 unspecified atom stereocenters. The van der Waals surface area contributed by atoms with Crippen molar-refractivity contribution >= 4 is 64.7 Å². The lowest BCUT2D eigenvalue weighted by atomic mass is 10.1. The Bertz CT molecular complexity index is 2160. The molecule has 4 aromatic heterocycles. The zero-order valence-corrected chi connectivity index (χ0v) is 36.6. The summed E-state index contributed by atoms with van der Waals surface area (Å²) < 4.78 is 48.5. The number of aliphatic imine (C=N–C) groups is 1. The van der Waals surface area contributed by atoms with Crippen LogP contribution in [0.1, 0.15) is 46.1 Å². The summed E-state index contributed by atoms with van der Waals surface area (Å²) in [5, 5.41) is 20.6. The molecule has 310 valence electrons. The van der Waals surface area contributed by atoms with E-state index in [2.05, 4.69) is 48.8 Å². The Morgan fingerprint density at radius 2 is 1.88 bits per heavy atom. The Kier molecular flexibility index (Phi) is 14.2. The normalized spacial score (nSPS) is 25.4. The SMILES string of the molecule is CN(C)/C=N\c1ccnc2c1ccn2[C@H]1C[C@H](O)[C@@H](COP(O)O[C@@H]2C(O[Si](C)(C)C(C)(C)C)[C@@H](CO[PH](=S)OCCC#N)O[C@H]2n2ccc(=O)n3ccnc23)O1. The van der Waals surface area contributed by atoms with Gasteiger partial charge in [0.25, 0.3) is 5.56 Å². The van der Waals surface area contributed by atoms with Gasteiger partial charge in [0.15, 0.2) is 21.7 Å². The molecule has 2 saturated heterocycles. The maximum Gasteiger partial charge on any atom is 0.330 e. The second kappa shape index (κ2) is 18.5. The largest absolute Gasteiger partial charge is 0.408 e. The van der Waals surface area contributed by atoms with E-state index in [1.807, 2.05) is 48.0 Å². The van der Waals surface area contributed by atoms with Crippen LogP contribution in [0, 0.1) is 11.3 Å². The maximum atomic E-state index is 12.7. The molecule has 22 heteroatoms. The fourth-order valence-corrected chi connectivity index (χ4v) is 9.43. The summed E-state index contributed by atoms with van der Waals surface area (Å²) in [4.78, 5) is 39.5. The van der Waals surface area contributed by atoms with Crippen molar-refractivity contribution in [3.63, 3.8) is 0 Å². The van der Waals surface area contributed by atoms with Gasteiger partial charge in [0.1, 0.15) is 36.3 Å². The van der Waals surface area contributed by atoms with Crippen molar-refractivity contribution in [2.75, 3.05) is 33.9 Å². The molecule has 18 nitrogen and oxygen atoms in total. The second-order valence-corrected chi connectivity index (χ2v) is 23.2. The average Bonchev–Trinajstić information content (AvgIpc) is 3.95. The highest BCUT2D eigenvalue weighted by molar-refractivity contribution is 8.00. The number of hydrogen-bond donors (Lipinski definition) is 2. The molecule has 2 N–H and O–H groups in total. The Balaban J connectivity index is 1.22. The number of hydrogen-bond acceptors (Lipinski definition) is 15. The zero-order chi connectivity index (χ0) is 41.1. The van der Waals surface area contributed by atoms with Gasteiger partial charge in [-0.25, -0.2) is 15.0 Å². The fraction of sp³-hybridized carbons (Fsp3) is 0.571. The summed E-state index contributed by atoms with van der Waals surface area (Å²) in [5.74, 6) is 0.280. The van der Waals surface area contributed by atoms with Gasteiger partial charge >= 0.3 is 8.60 Å². The number of aliphatic hydroxyl groups excluding tert-OH is 1. The van der Waals surface area contributed by atoms with E-state index in [1.165, 1.54) is 16.7 Å². The molecule has 6 heterocycles. The highest BCUT2D eigenvalue weighted by Crippen LogP contribution is 2.48. The van der Waals surface area contributed by atoms with Gasteiger partial charge in [-0.2, -0.15) is 5.26 Å². The Hall–Kier alpha value is -2.99. The van der Waals surface area contributed by atoms with Gasteiger partial charge in [0.05, 0.1) is 50.4 Å². The molecule has 6 rings (SSSR count). The average molecular weight is 865 g/mol. The third-order valence-corrected chi connectivity index (χ3v) is 17.0. The monoisotopic (exact) mass is 864 g/mol. The van der Waals surface area contributed by atoms with Gasteiger partial charge in [-0.05, 0) is 42.1 Å². The minimum Gasteiger partial charge on any atom is -0.408 e. The zero-order valence-electron chi connectivity index (χ0n) is 32.9. The molecule has 9 atom stereocenters. The van der Waals surface area contributed by atoms with Crippen LogP contribution < -0.4 is 5.56 Å². The fourth-order valence-electron chi connectivity index (χ4n) is 6.23. The van der Waals surface area contributed by atoms with Gasteiger partial charge in [0.2, 0.25) is 5.78 Å². The van der Waals surface area contributed by atoms with E-state index in [0.717, 1.165) is 11.1 Å². The first-order valence-electron chi connectivity index (χ1n) is 18.4. The molecule has 4 aromatic rings. The lowest BCUT2D eigenvalue weighted by Crippen LogP contribution is -2.50. The number of nitrogens with zero attached hydrogens (tertiary/aromatic N) is 8. The van der Waals surface area contributed by atoms with Crippen LogP contribution in [0.15, 0.2) is 59.0 Å². The van der Waals surface area contributed by atoms with Crippen LogP contribution in [0.25, 0.3) is 16.8 Å². The van der Waals surface area contributed by atoms with Gasteiger partial charge in [-0.3, -0.25) is 13.8 Å².